The molecule has 6 heteroatoms. The first-order valence-electron chi connectivity index (χ1n) is 9.79. The molecule has 2 aromatic carbocycles. The van der Waals surface area contributed by atoms with Crippen molar-refractivity contribution in [2.45, 2.75) is 19.8 Å². The highest BCUT2D eigenvalue weighted by atomic mass is 19.1. The normalized spacial score (nSPS) is 14.6. The summed E-state index contributed by atoms with van der Waals surface area (Å²) in [5.41, 5.74) is 3.58. The smallest absolute Gasteiger partial charge is 0.227 e. The van der Waals surface area contributed by atoms with Crippen molar-refractivity contribution >= 4 is 17.4 Å². The van der Waals surface area contributed by atoms with E-state index >= 15 is 0 Å². The highest BCUT2D eigenvalue weighted by molar-refractivity contribution is 5.92. The van der Waals surface area contributed by atoms with Gasteiger partial charge in [0, 0.05) is 36.3 Å². The molecule has 0 saturated carbocycles. The summed E-state index contributed by atoms with van der Waals surface area (Å²) in [6.45, 7) is 3.52. The quantitative estimate of drug-likeness (QED) is 0.715. The average Bonchev–Trinajstić information content (AvgIpc) is 2.74. The maximum absolute atomic E-state index is 13.2. The molecule has 3 aromatic rings. The van der Waals surface area contributed by atoms with Gasteiger partial charge in [0.15, 0.2) is 0 Å². The second-order valence-corrected chi connectivity index (χ2v) is 7.39. The van der Waals surface area contributed by atoms with Crippen molar-refractivity contribution in [3.8, 4) is 11.3 Å². The molecule has 2 heterocycles. The van der Waals surface area contributed by atoms with Crippen LogP contribution in [-0.4, -0.2) is 29.0 Å². The van der Waals surface area contributed by atoms with Crippen molar-refractivity contribution < 1.29 is 9.18 Å². The minimum Gasteiger partial charge on any atom is -0.356 e. The molecule has 0 aliphatic carbocycles. The van der Waals surface area contributed by atoms with Crippen molar-refractivity contribution in [1.29, 1.82) is 0 Å². The number of carbonyl (C=O) groups is 1. The maximum atomic E-state index is 13.2. The first kappa shape index (κ1) is 19.1. The lowest BCUT2D eigenvalue weighted by Crippen LogP contribution is -2.38. The third kappa shape index (κ3) is 4.59. The van der Waals surface area contributed by atoms with E-state index < -0.39 is 0 Å². The van der Waals surface area contributed by atoms with Gasteiger partial charge in [0.25, 0.3) is 0 Å². The Balaban J connectivity index is 1.39. The van der Waals surface area contributed by atoms with Crippen molar-refractivity contribution in [3.05, 3.63) is 72.3 Å². The van der Waals surface area contributed by atoms with Gasteiger partial charge in [-0.25, -0.2) is 14.4 Å². The predicted molar refractivity (Wildman–Crippen MR) is 112 cm³/mol. The number of rotatable bonds is 4. The van der Waals surface area contributed by atoms with E-state index in [0.717, 1.165) is 54.3 Å². The summed E-state index contributed by atoms with van der Waals surface area (Å²) in [7, 11) is 0. The predicted octanol–water partition coefficient (Wildman–Crippen LogP) is 4.45. The van der Waals surface area contributed by atoms with Crippen LogP contribution in [-0.2, 0) is 4.79 Å². The van der Waals surface area contributed by atoms with Crippen LogP contribution in [0.2, 0.25) is 0 Å². The number of hydrogen-bond acceptors (Lipinski definition) is 4. The number of halogens is 1. The van der Waals surface area contributed by atoms with E-state index in [1.165, 1.54) is 18.5 Å². The number of nitrogens with one attached hydrogen (secondary N) is 1. The lowest BCUT2D eigenvalue weighted by Gasteiger charge is -2.32. The lowest BCUT2D eigenvalue weighted by molar-refractivity contribution is -0.120. The SMILES string of the molecule is Cc1cccc(NC(=O)C2CCN(c3cc(-c4ccc(F)cc4)ncn3)CC2)c1. The van der Waals surface area contributed by atoms with E-state index in [0.29, 0.717) is 0 Å². The molecule has 29 heavy (non-hydrogen) atoms. The molecule has 1 aliphatic heterocycles. The van der Waals surface area contributed by atoms with Crippen molar-refractivity contribution in [3.63, 3.8) is 0 Å². The van der Waals surface area contributed by atoms with Gasteiger partial charge in [0.05, 0.1) is 5.69 Å². The molecule has 0 unspecified atom stereocenters. The van der Waals surface area contributed by atoms with Gasteiger partial charge in [-0.2, -0.15) is 0 Å². The van der Waals surface area contributed by atoms with E-state index in [1.807, 2.05) is 37.3 Å². The first-order chi connectivity index (χ1) is 14.1. The van der Waals surface area contributed by atoms with Gasteiger partial charge in [-0.15, -0.1) is 0 Å². The van der Waals surface area contributed by atoms with Crippen LogP contribution in [0.25, 0.3) is 11.3 Å². The molecule has 0 bridgehead atoms. The monoisotopic (exact) mass is 390 g/mol. The third-order valence-corrected chi connectivity index (χ3v) is 5.27. The Morgan fingerprint density at radius 2 is 1.83 bits per heavy atom. The Morgan fingerprint density at radius 3 is 2.55 bits per heavy atom. The highest BCUT2D eigenvalue weighted by Crippen LogP contribution is 2.26. The van der Waals surface area contributed by atoms with E-state index in [1.54, 1.807) is 12.1 Å². The van der Waals surface area contributed by atoms with Gasteiger partial charge in [-0.05, 0) is 61.7 Å². The standard InChI is InChI=1S/C23H23FN4O/c1-16-3-2-4-20(13-16)27-23(29)18-9-11-28(12-10-18)22-14-21(25-15-26-22)17-5-7-19(24)8-6-17/h2-8,13-15,18H,9-12H2,1H3,(H,27,29). The maximum Gasteiger partial charge on any atom is 0.227 e. The lowest BCUT2D eigenvalue weighted by atomic mass is 9.95. The fourth-order valence-corrected chi connectivity index (χ4v) is 3.64. The van der Waals surface area contributed by atoms with Crippen LogP contribution >= 0.6 is 0 Å². The second kappa shape index (κ2) is 8.39. The summed E-state index contributed by atoms with van der Waals surface area (Å²) in [6.07, 6.45) is 3.08. The minimum atomic E-state index is -0.269. The van der Waals surface area contributed by atoms with Gasteiger partial charge >= 0.3 is 0 Å². The average molecular weight is 390 g/mol. The van der Waals surface area contributed by atoms with Gasteiger partial charge in [-0.3, -0.25) is 4.79 Å². The molecule has 5 nitrogen and oxygen atoms in total. The van der Waals surface area contributed by atoms with E-state index in [4.69, 9.17) is 0 Å². The summed E-state index contributed by atoms with van der Waals surface area (Å²) >= 11 is 0. The molecular weight excluding hydrogens is 367 g/mol. The minimum absolute atomic E-state index is 0.00910. The van der Waals surface area contributed by atoms with E-state index in [9.17, 15) is 9.18 Å². The molecule has 1 aromatic heterocycles. The van der Waals surface area contributed by atoms with Crippen molar-refractivity contribution in [2.24, 2.45) is 5.92 Å². The summed E-state index contributed by atoms with van der Waals surface area (Å²) in [4.78, 5) is 23.5. The molecule has 1 N–H and O–H groups in total. The molecule has 1 aliphatic rings. The summed E-state index contributed by atoms with van der Waals surface area (Å²) < 4.78 is 13.2. The summed E-state index contributed by atoms with van der Waals surface area (Å²) in [6, 6.07) is 16.0. The number of benzene rings is 2. The van der Waals surface area contributed by atoms with Crippen molar-refractivity contribution in [2.75, 3.05) is 23.3 Å². The van der Waals surface area contributed by atoms with Gasteiger partial charge in [-0.1, -0.05) is 12.1 Å². The van der Waals surface area contributed by atoms with Crippen LogP contribution in [0.5, 0.6) is 0 Å². The van der Waals surface area contributed by atoms with Crippen LogP contribution < -0.4 is 10.2 Å². The number of nitrogens with zero attached hydrogens (tertiary/aromatic N) is 3. The second-order valence-electron chi connectivity index (χ2n) is 7.39. The first-order valence-corrected chi connectivity index (χ1v) is 9.79. The summed E-state index contributed by atoms with van der Waals surface area (Å²) in [5, 5.41) is 3.03. The number of hydrogen-bond donors (Lipinski definition) is 1. The summed E-state index contributed by atoms with van der Waals surface area (Å²) in [5.74, 6) is 0.626. The molecule has 0 atom stereocenters. The van der Waals surface area contributed by atoms with Crippen LogP contribution in [0.3, 0.4) is 0 Å². The molecule has 1 fully saturated rings. The number of aryl methyl sites for hydroxylation is 1. The van der Waals surface area contributed by atoms with E-state index in [2.05, 4.69) is 20.2 Å². The molecule has 148 valence electrons. The van der Waals surface area contributed by atoms with Crippen LogP contribution in [0, 0.1) is 18.7 Å². The van der Waals surface area contributed by atoms with Crippen molar-refractivity contribution in [1.82, 2.24) is 9.97 Å². The zero-order valence-electron chi connectivity index (χ0n) is 16.3. The zero-order chi connectivity index (χ0) is 20.2. The van der Waals surface area contributed by atoms with Crippen LogP contribution in [0.15, 0.2) is 60.9 Å². The third-order valence-electron chi connectivity index (χ3n) is 5.27. The largest absolute Gasteiger partial charge is 0.356 e. The molecule has 4 rings (SSSR count). The molecule has 1 saturated heterocycles. The molecule has 0 spiro atoms. The Morgan fingerprint density at radius 1 is 1.07 bits per heavy atom. The van der Waals surface area contributed by atoms with Gasteiger partial charge < -0.3 is 10.2 Å². The Labute approximate surface area is 169 Å². The number of amides is 1. The molecular formula is C23H23FN4O. The molecule has 1 amide bonds. The highest BCUT2D eigenvalue weighted by Gasteiger charge is 2.26. The number of carbonyl (C=O) groups excluding carboxylic acids is 1. The van der Waals surface area contributed by atoms with Gasteiger partial charge in [0.2, 0.25) is 5.91 Å². The number of aromatic nitrogens is 2. The zero-order valence-corrected chi connectivity index (χ0v) is 16.3. The van der Waals surface area contributed by atoms with Crippen LogP contribution in [0.4, 0.5) is 15.9 Å². The van der Waals surface area contributed by atoms with Crippen LogP contribution in [0.1, 0.15) is 18.4 Å². The number of piperidine rings is 1. The van der Waals surface area contributed by atoms with E-state index in [-0.39, 0.29) is 17.6 Å². The molecule has 0 radical (unpaired) electrons. The fraction of sp³-hybridized carbons (Fsp3) is 0.261. The fourth-order valence-electron chi connectivity index (χ4n) is 3.64. The Hall–Kier alpha value is -3.28. The number of anilines is 2. The topological polar surface area (TPSA) is 58.1 Å². The Bertz CT molecular complexity index is 998. The van der Waals surface area contributed by atoms with Gasteiger partial charge in [0.1, 0.15) is 18.0 Å². The Kier molecular flexibility index (Phi) is 5.51.